The normalized spacial score (nSPS) is 9.67. The molecule has 0 atom stereocenters. The fourth-order valence-electron chi connectivity index (χ4n) is 1.94. The third-order valence-electron chi connectivity index (χ3n) is 3.09. The monoisotopic (exact) mass is 313 g/mol. The zero-order chi connectivity index (χ0) is 15.0. The van der Waals surface area contributed by atoms with E-state index in [1.165, 1.54) is 0 Å². The molecule has 0 aliphatic carbocycles. The second-order valence-corrected chi connectivity index (χ2v) is 4.46. The maximum absolute atomic E-state index is 12.4. The number of nitrogens with two attached hydrogens (primary N) is 1. The molecule has 21 heavy (non-hydrogen) atoms. The molecule has 0 bridgehead atoms. The van der Waals surface area contributed by atoms with Crippen LogP contribution in [0.15, 0.2) is 24.3 Å². The Morgan fingerprint density at radius 3 is 2.38 bits per heavy atom. The minimum absolute atomic E-state index is 0. The predicted octanol–water partition coefficient (Wildman–Crippen LogP) is 2.27. The van der Waals surface area contributed by atoms with Gasteiger partial charge in [0, 0.05) is 19.5 Å². The highest BCUT2D eigenvalue weighted by Crippen LogP contribution is 2.17. The summed E-state index contributed by atoms with van der Waals surface area (Å²) in [4.78, 5) is 25.9. The van der Waals surface area contributed by atoms with Crippen molar-refractivity contribution in [1.82, 2.24) is 4.90 Å². The molecule has 0 radical (unpaired) electrons. The summed E-state index contributed by atoms with van der Waals surface area (Å²) in [6.45, 7) is 5.64. The maximum atomic E-state index is 12.4. The van der Waals surface area contributed by atoms with Crippen LogP contribution in [0.25, 0.3) is 0 Å². The van der Waals surface area contributed by atoms with Gasteiger partial charge in [0.15, 0.2) is 0 Å². The molecule has 0 aliphatic heterocycles. The number of benzene rings is 1. The molecular formula is C15H24ClN3O2. The number of amides is 2. The Kier molecular flexibility index (Phi) is 9.41. The summed E-state index contributed by atoms with van der Waals surface area (Å²) < 4.78 is 0. The lowest BCUT2D eigenvalue weighted by atomic mass is 10.1. The van der Waals surface area contributed by atoms with Crippen molar-refractivity contribution < 1.29 is 9.59 Å². The molecule has 5 nitrogen and oxygen atoms in total. The van der Waals surface area contributed by atoms with Crippen LogP contribution in [0.4, 0.5) is 5.69 Å². The van der Waals surface area contributed by atoms with Crippen molar-refractivity contribution in [2.45, 2.75) is 26.7 Å². The summed E-state index contributed by atoms with van der Waals surface area (Å²) in [5, 5.41) is 2.79. The molecule has 0 unspecified atom stereocenters. The summed E-state index contributed by atoms with van der Waals surface area (Å²) in [6, 6.07) is 7.08. The molecule has 0 saturated carbocycles. The second kappa shape index (κ2) is 10.2. The van der Waals surface area contributed by atoms with Gasteiger partial charge in [0.2, 0.25) is 5.91 Å². The molecule has 0 aromatic heterocycles. The minimum Gasteiger partial charge on any atom is -0.339 e. The third-order valence-corrected chi connectivity index (χ3v) is 3.09. The van der Waals surface area contributed by atoms with Crippen LogP contribution in [0, 0.1) is 0 Å². The van der Waals surface area contributed by atoms with E-state index in [4.69, 9.17) is 5.73 Å². The van der Waals surface area contributed by atoms with E-state index in [0.717, 1.165) is 0 Å². The van der Waals surface area contributed by atoms with Gasteiger partial charge in [0.05, 0.1) is 11.3 Å². The summed E-state index contributed by atoms with van der Waals surface area (Å²) in [5.41, 5.74) is 6.47. The fourth-order valence-corrected chi connectivity index (χ4v) is 1.94. The zero-order valence-electron chi connectivity index (χ0n) is 12.6. The van der Waals surface area contributed by atoms with Gasteiger partial charge in [0.1, 0.15) is 0 Å². The van der Waals surface area contributed by atoms with Gasteiger partial charge in [-0.15, -0.1) is 12.4 Å². The van der Waals surface area contributed by atoms with Crippen LogP contribution >= 0.6 is 12.4 Å². The zero-order valence-corrected chi connectivity index (χ0v) is 13.4. The van der Waals surface area contributed by atoms with Crippen LogP contribution in [-0.2, 0) is 4.79 Å². The summed E-state index contributed by atoms with van der Waals surface area (Å²) >= 11 is 0. The van der Waals surface area contributed by atoms with Crippen LogP contribution in [0.2, 0.25) is 0 Å². The number of nitrogens with zero attached hydrogens (tertiary/aromatic N) is 1. The largest absolute Gasteiger partial charge is 0.339 e. The van der Waals surface area contributed by atoms with Crippen molar-refractivity contribution in [2.75, 3.05) is 25.0 Å². The molecule has 1 aromatic carbocycles. The van der Waals surface area contributed by atoms with Crippen molar-refractivity contribution in [1.29, 1.82) is 0 Å². The molecule has 1 rings (SSSR count). The lowest BCUT2D eigenvalue weighted by molar-refractivity contribution is -0.116. The Morgan fingerprint density at radius 2 is 1.81 bits per heavy atom. The Morgan fingerprint density at radius 1 is 1.19 bits per heavy atom. The van der Waals surface area contributed by atoms with Crippen LogP contribution in [0.3, 0.4) is 0 Å². The standard InChI is InChI=1S/C15H23N3O2.ClH/c1-3-18(4-2)15(20)12-8-5-6-9-13(12)17-14(19)10-7-11-16;/h5-6,8-9H,3-4,7,10-11,16H2,1-2H3,(H,17,19);1H. The number of carbonyl (C=O) groups is 2. The number of para-hydroxylation sites is 1. The van der Waals surface area contributed by atoms with Crippen LogP contribution in [0.1, 0.15) is 37.0 Å². The number of hydrogen-bond donors (Lipinski definition) is 2. The summed E-state index contributed by atoms with van der Waals surface area (Å²) in [5.74, 6) is -0.181. The van der Waals surface area contributed by atoms with E-state index in [1.807, 2.05) is 13.8 Å². The molecule has 0 saturated heterocycles. The highest BCUT2D eigenvalue weighted by molar-refractivity contribution is 6.03. The first-order chi connectivity index (χ1) is 9.63. The average Bonchev–Trinajstić information content (AvgIpc) is 2.46. The first-order valence-corrected chi connectivity index (χ1v) is 7.02. The van der Waals surface area contributed by atoms with Crippen molar-refractivity contribution in [2.24, 2.45) is 5.73 Å². The van der Waals surface area contributed by atoms with E-state index < -0.39 is 0 Å². The van der Waals surface area contributed by atoms with Crippen molar-refractivity contribution in [3.8, 4) is 0 Å². The summed E-state index contributed by atoms with van der Waals surface area (Å²) in [6.07, 6.45) is 1.00. The van der Waals surface area contributed by atoms with Gasteiger partial charge in [-0.05, 0) is 38.9 Å². The average molecular weight is 314 g/mol. The lowest BCUT2D eigenvalue weighted by Gasteiger charge is -2.20. The van der Waals surface area contributed by atoms with Crippen molar-refractivity contribution in [3.63, 3.8) is 0 Å². The Bertz CT molecular complexity index is 462. The predicted molar refractivity (Wildman–Crippen MR) is 87.9 cm³/mol. The molecule has 0 heterocycles. The van der Waals surface area contributed by atoms with Crippen LogP contribution in [-0.4, -0.2) is 36.3 Å². The Balaban J connectivity index is 0.00000400. The number of halogens is 1. The summed E-state index contributed by atoms with van der Waals surface area (Å²) in [7, 11) is 0. The van der Waals surface area contributed by atoms with E-state index in [9.17, 15) is 9.59 Å². The second-order valence-electron chi connectivity index (χ2n) is 4.46. The highest BCUT2D eigenvalue weighted by Gasteiger charge is 2.17. The van der Waals surface area contributed by atoms with Crippen LogP contribution in [0.5, 0.6) is 0 Å². The van der Waals surface area contributed by atoms with E-state index >= 15 is 0 Å². The molecule has 0 aliphatic rings. The maximum Gasteiger partial charge on any atom is 0.255 e. The van der Waals surface area contributed by atoms with Crippen LogP contribution < -0.4 is 11.1 Å². The number of anilines is 1. The quantitative estimate of drug-likeness (QED) is 0.811. The molecule has 1 aromatic rings. The molecule has 2 amide bonds. The van der Waals surface area contributed by atoms with E-state index in [0.29, 0.717) is 43.7 Å². The number of hydrogen-bond acceptors (Lipinski definition) is 3. The molecule has 6 heteroatoms. The van der Waals surface area contributed by atoms with Gasteiger partial charge in [-0.1, -0.05) is 12.1 Å². The molecular weight excluding hydrogens is 290 g/mol. The van der Waals surface area contributed by atoms with Gasteiger partial charge in [-0.2, -0.15) is 0 Å². The number of carbonyl (C=O) groups excluding carboxylic acids is 2. The number of rotatable bonds is 7. The lowest BCUT2D eigenvalue weighted by Crippen LogP contribution is -2.31. The smallest absolute Gasteiger partial charge is 0.255 e. The van der Waals surface area contributed by atoms with Crippen molar-refractivity contribution >= 4 is 29.9 Å². The van der Waals surface area contributed by atoms with Gasteiger partial charge < -0.3 is 16.0 Å². The molecule has 0 fully saturated rings. The highest BCUT2D eigenvalue weighted by atomic mass is 35.5. The van der Waals surface area contributed by atoms with Gasteiger partial charge in [-0.3, -0.25) is 9.59 Å². The molecule has 3 N–H and O–H groups in total. The van der Waals surface area contributed by atoms with E-state index in [1.54, 1.807) is 29.2 Å². The molecule has 118 valence electrons. The van der Waals surface area contributed by atoms with Crippen molar-refractivity contribution in [3.05, 3.63) is 29.8 Å². The first kappa shape index (κ1) is 19.4. The van der Waals surface area contributed by atoms with Gasteiger partial charge in [0.25, 0.3) is 5.91 Å². The van der Waals surface area contributed by atoms with Gasteiger partial charge >= 0.3 is 0 Å². The third kappa shape index (κ3) is 5.73. The van der Waals surface area contributed by atoms with E-state index in [-0.39, 0.29) is 24.2 Å². The SMILES string of the molecule is CCN(CC)C(=O)c1ccccc1NC(=O)CCCN.Cl. The Hall–Kier alpha value is -1.59. The molecule has 0 spiro atoms. The topological polar surface area (TPSA) is 75.4 Å². The fraction of sp³-hybridized carbons (Fsp3) is 0.467. The Labute approximate surface area is 132 Å². The number of nitrogens with one attached hydrogen (secondary N) is 1. The first-order valence-electron chi connectivity index (χ1n) is 7.02. The van der Waals surface area contributed by atoms with E-state index in [2.05, 4.69) is 5.32 Å². The van der Waals surface area contributed by atoms with Gasteiger partial charge in [-0.25, -0.2) is 0 Å². The minimum atomic E-state index is -0.116.